The fourth-order valence-corrected chi connectivity index (χ4v) is 1.29. The zero-order chi connectivity index (χ0) is 10.7. The SMILES string of the molecule is Cc1cc(F)cc(CC(N)C(F)F)c1. The first kappa shape index (κ1) is 11.0. The van der Waals surface area contributed by atoms with Crippen molar-refractivity contribution in [2.24, 2.45) is 5.73 Å². The minimum absolute atomic E-state index is 0.00370. The number of hydrogen-bond acceptors (Lipinski definition) is 1. The van der Waals surface area contributed by atoms with Gasteiger partial charge in [0, 0.05) is 0 Å². The normalized spacial score (nSPS) is 13.3. The molecule has 0 saturated heterocycles. The van der Waals surface area contributed by atoms with Gasteiger partial charge in [0.1, 0.15) is 5.82 Å². The highest BCUT2D eigenvalue weighted by Gasteiger charge is 2.15. The summed E-state index contributed by atoms with van der Waals surface area (Å²) >= 11 is 0. The topological polar surface area (TPSA) is 26.0 Å². The molecule has 2 N–H and O–H groups in total. The van der Waals surface area contributed by atoms with Crippen LogP contribution in [0.15, 0.2) is 18.2 Å². The quantitative estimate of drug-likeness (QED) is 0.801. The van der Waals surface area contributed by atoms with Crippen molar-refractivity contribution < 1.29 is 13.2 Å². The Kier molecular flexibility index (Phi) is 3.52. The smallest absolute Gasteiger partial charge is 0.253 e. The average molecular weight is 203 g/mol. The Balaban J connectivity index is 2.76. The Bertz CT molecular complexity index is 292. The van der Waals surface area contributed by atoms with Crippen molar-refractivity contribution in [1.82, 2.24) is 0 Å². The number of aryl methyl sites for hydroxylation is 1. The van der Waals surface area contributed by atoms with Crippen molar-refractivity contribution >= 4 is 0 Å². The summed E-state index contributed by atoms with van der Waals surface area (Å²) in [5.41, 5.74) is 6.40. The van der Waals surface area contributed by atoms with Gasteiger partial charge in [0.25, 0.3) is 6.43 Å². The Labute approximate surface area is 80.7 Å². The number of rotatable bonds is 3. The van der Waals surface area contributed by atoms with Crippen molar-refractivity contribution in [1.29, 1.82) is 0 Å². The van der Waals surface area contributed by atoms with E-state index in [1.165, 1.54) is 12.1 Å². The van der Waals surface area contributed by atoms with Crippen molar-refractivity contribution in [2.45, 2.75) is 25.8 Å². The molecule has 1 aromatic carbocycles. The fraction of sp³-hybridized carbons (Fsp3) is 0.400. The molecule has 0 spiro atoms. The highest BCUT2D eigenvalue weighted by molar-refractivity contribution is 5.24. The van der Waals surface area contributed by atoms with Gasteiger partial charge in [0.15, 0.2) is 0 Å². The molecule has 0 amide bonds. The zero-order valence-corrected chi connectivity index (χ0v) is 7.81. The molecule has 0 aromatic heterocycles. The standard InChI is InChI=1S/C10H12F3N/c1-6-2-7(4-8(11)3-6)5-9(14)10(12)13/h2-4,9-10H,5,14H2,1H3. The minimum Gasteiger partial charge on any atom is -0.323 e. The van der Waals surface area contributed by atoms with Gasteiger partial charge in [-0.2, -0.15) is 0 Å². The first-order valence-corrected chi connectivity index (χ1v) is 4.29. The largest absolute Gasteiger partial charge is 0.323 e. The lowest BCUT2D eigenvalue weighted by atomic mass is 10.0. The van der Waals surface area contributed by atoms with E-state index in [0.29, 0.717) is 11.1 Å². The molecule has 14 heavy (non-hydrogen) atoms. The lowest BCUT2D eigenvalue weighted by Gasteiger charge is -2.10. The van der Waals surface area contributed by atoms with Crippen LogP contribution in [-0.2, 0) is 6.42 Å². The summed E-state index contributed by atoms with van der Waals surface area (Å²) in [5, 5.41) is 0. The van der Waals surface area contributed by atoms with Gasteiger partial charge in [-0.3, -0.25) is 0 Å². The molecule has 1 rings (SSSR count). The summed E-state index contributed by atoms with van der Waals surface area (Å²) in [4.78, 5) is 0. The van der Waals surface area contributed by atoms with E-state index in [2.05, 4.69) is 0 Å². The maximum Gasteiger partial charge on any atom is 0.253 e. The molecule has 0 saturated carbocycles. The maximum absolute atomic E-state index is 12.9. The van der Waals surface area contributed by atoms with Crippen LogP contribution in [0, 0.1) is 12.7 Å². The van der Waals surface area contributed by atoms with Gasteiger partial charge in [0.2, 0.25) is 0 Å². The predicted octanol–water partition coefficient (Wildman–Crippen LogP) is 2.27. The Morgan fingerprint density at radius 3 is 2.43 bits per heavy atom. The van der Waals surface area contributed by atoms with E-state index < -0.39 is 18.3 Å². The second-order valence-corrected chi connectivity index (χ2v) is 3.34. The fourth-order valence-electron chi connectivity index (χ4n) is 1.29. The Hall–Kier alpha value is -1.03. The second-order valence-electron chi connectivity index (χ2n) is 3.34. The van der Waals surface area contributed by atoms with Gasteiger partial charge >= 0.3 is 0 Å². The minimum atomic E-state index is -2.57. The summed E-state index contributed by atoms with van der Waals surface area (Å²) in [6.07, 6.45) is -2.57. The molecule has 78 valence electrons. The summed E-state index contributed by atoms with van der Waals surface area (Å²) < 4.78 is 37.0. The van der Waals surface area contributed by atoms with Gasteiger partial charge in [-0.25, -0.2) is 13.2 Å². The highest BCUT2D eigenvalue weighted by Crippen LogP contribution is 2.12. The van der Waals surface area contributed by atoms with Crippen LogP contribution in [0.3, 0.4) is 0 Å². The van der Waals surface area contributed by atoms with Gasteiger partial charge in [0.05, 0.1) is 6.04 Å². The Morgan fingerprint density at radius 2 is 1.93 bits per heavy atom. The number of hydrogen-bond donors (Lipinski definition) is 1. The third kappa shape index (κ3) is 3.03. The number of nitrogens with two attached hydrogens (primary N) is 1. The molecule has 0 aliphatic heterocycles. The van der Waals surface area contributed by atoms with Crippen LogP contribution in [0.5, 0.6) is 0 Å². The average Bonchev–Trinajstić information content (AvgIpc) is 2.01. The molecule has 0 aliphatic carbocycles. The van der Waals surface area contributed by atoms with E-state index >= 15 is 0 Å². The summed E-state index contributed by atoms with van der Waals surface area (Å²) in [6, 6.07) is 3.01. The van der Waals surface area contributed by atoms with Crippen LogP contribution >= 0.6 is 0 Å². The van der Waals surface area contributed by atoms with Gasteiger partial charge < -0.3 is 5.73 Å². The van der Waals surface area contributed by atoms with Crippen LogP contribution < -0.4 is 5.73 Å². The molecule has 1 atom stereocenters. The lowest BCUT2D eigenvalue weighted by Crippen LogP contribution is -2.30. The van der Waals surface area contributed by atoms with Crippen molar-refractivity contribution in [3.05, 3.63) is 35.1 Å². The zero-order valence-electron chi connectivity index (χ0n) is 7.81. The molecule has 1 unspecified atom stereocenters. The van der Waals surface area contributed by atoms with E-state index in [-0.39, 0.29) is 6.42 Å². The van der Waals surface area contributed by atoms with Gasteiger partial charge in [-0.15, -0.1) is 0 Å². The lowest BCUT2D eigenvalue weighted by molar-refractivity contribution is 0.116. The van der Waals surface area contributed by atoms with Gasteiger partial charge in [-0.1, -0.05) is 6.07 Å². The number of alkyl halides is 2. The maximum atomic E-state index is 12.9. The molecular weight excluding hydrogens is 191 g/mol. The molecule has 0 radical (unpaired) electrons. The molecule has 1 aromatic rings. The van der Waals surface area contributed by atoms with Crippen molar-refractivity contribution in [3.8, 4) is 0 Å². The molecule has 0 bridgehead atoms. The van der Waals surface area contributed by atoms with Crippen LogP contribution in [0.4, 0.5) is 13.2 Å². The third-order valence-corrected chi connectivity index (χ3v) is 1.90. The Morgan fingerprint density at radius 1 is 1.29 bits per heavy atom. The molecule has 4 heteroatoms. The van der Waals surface area contributed by atoms with Crippen LogP contribution in [-0.4, -0.2) is 12.5 Å². The van der Waals surface area contributed by atoms with E-state index in [4.69, 9.17) is 5.73 Å². The number of halogens is 3. The molecular formula is C10H12F3N. The monoisotopic (exact) mass is 203 g/mol. The summed E-state index contributed by atoms with van der Waals surface area (Å²) in [5.74, 6) is -0.415. The van der Waals surface area contributed by atoms with Gasteiger partial charge in [-0.05, 0) is 36.6 Å². The second kappa shape index (κ2) is 4.46. The van der Waals surface area contributed by atoms with Crippen LogP contribution in [0.2, 0.25) is 0 Å². The molecule has 0 fully saturated rings. The predicted molar refractivity (Wildman–Crippen MR) is 48.8 cm³/mol. The first-order chi connectivity index (χ1) is 6.49. The first-order valence-electron chi connectivity index (χ1n) is 4.29. The van der Waals surface area contributed by atoms with Crippen molar-refractivity contribution in [3.63, 3.8) is 0 Å². The highest BCUT2D eigenvalue weighted by atomic mass is 19.3. The summed E-state index contributed by atoms with van der Waals surface area (Å²) in [7, 11) is 0. The van der Waals surface area contributed by atoms with E-state index in [9.17, 15) is 13.2 Å². The summed E-state index contributed by atoms with van der Waals surface area (Å²) in [6.45, 7) is 1.71. The van der Waals surface area contributed by atoms with E-state index in [0.717, 1.165) is 0 Å². The van der Waals surface area contributed by atoms with Crippen LogP contribution in [0.1, 0.15) is 11.1 Å². The van der Waals surface area contributed by atoms with E-state index in [1.54, 1.807) is 13.0 Å². The van der Waals surface area contributed by atoms with Crippen LogP contribution in [0.25, 0.3) is 0 Å². The molecule has 1 nitrogen and oxygen atoms in total. The molecule has 0 heterocycles. The molecule has 0 aliphatic rings. The third-order valence-electron chi connectivity index (χ3n) is 1.90. The van der Waals surface area contributed by atoms with Crippen molar-refractivity contribution in [2.75, 3.05) is 0 Å². The number of benzene rings is 1. The van der Waals surface area contributed by atoms with E-state index in [1.807, 2.05) is 0 Å².